The average molecular weight is 508 g/mol. The lowest BCUT2D eigenvalue weighted by atomic mass is 9.97. The van der Waals surface area contributed by atoms with Gasteiger partial charge >= 0.3 is 0 Å². The van der Waals surface area contributed by atoms with Crippen LogP contribution in [0.4, 0.5) is 17.5 Å². The third kappa shape index (κ3) is 3.98. The van der Waals surface area contributed by atoms with Crippen LogP contribution in [0.5, 0.6) is 0 Å². The predicted octanol–water partition coefficient (Wildman–Crippen LogP) is 3.60. The van der Waals surface area contributed by atoms with E-state index in [1.54, 1.807) is 12.3 Å². The van der Waals surface area contributed by atoms with Gasteiger partial charge in [-0.15, -0.1) is 0 Å². The van der Waals surface area contributed by atoms with E-state index in [0.717, 1.165) is 39.8 Å². The lowest BCUT2D eigenvalue weighted by Gasteiger charge is -2.39. The number of aromatic nitrogens is 7. The fraction of sp³-hybridized carbons (Fsp3) is 0.458. The van der Waals surface area contributed by atoms with Crippen LogP contribution >= 0.6 is 0 Å². The van der Waals surface area contributed by atoms with E-state index in [0.29, 0.717) is 35.9 Å². The highest BCUT2D eigenvalue weighted by atomic mass is 32.2. The summed E-state index contributed by atoms with van der Waals surface area (Å²) in [5, 5.41) is 12.9. The summed E-state index contributed by atoms with van der Waals surface area (Å²) in [4.78, 5) is 15.8. The molecule has 1 aliphatic heterocycles. The molecule has 0 atom stereocenters. The van der Waals surface area contributed by atoms with Gasteiger partial charge in [-0.05, 0) is 45.1 Å². The van der Waals surface area contributed by atoms with Crippen molar-refractivity contribution < 1.29 is 8.42 Å². The first-order valence-electron chi connectivity index (χ1n) is 12.4. The van der Waals surface area contributed by atoms with Crippen molar-refractivity contribution in [3.63, 3.8) is 0 Å². The highest BCUT2D eigenvalue weighted by Gasteiger charge is 2.37. The molecule has 188 valence electrons. The molecule has 5 heterocycles. The molecule has 0 amide bonds. The van der Waals surface area contributed by atoms with Gasteiger partial charge in [0.05, 0.1) is 34.1 Å². The molecule has 0 unspecified atom stereocenters. The molecule has 2 fully saturated rings. The van der Waals surface area contributed by atoms with Crippen molar-refractivity contribution >= 4 is 38.4 Å². The molecule has 12 heteroatoms. The summed E-state index contributed by atoms with van der Waals surface area (Å²) >= 11 is 0. The molecule has 36 heavy (non-hydrogen) atoms. The molecular weight excluding hydrogens is 478 g/mol. The predicted molar refractivity (Wildman–Crippen MR) is 138 cm³/mol. The van der Waals surface area contributed by atoms with Crippen LogP contribution in [0.15, 0.2) is 36.9 Å². The van der Waals surface area contributed by atoms with Gasteiger partial charge in [0, 0.05) is 37.6 Å². The first-order valence-corrected chi connectivity index (χ1v) is 13.9. The maximum absolute atomic E-state index is 12.5. The molecule has 11 nitrogen and oxygen atoms in total. The Labute approximate surface area is 209 Å². The summed E-state index contributed by atoms with van der Waals surface area (Å²) < 4.78 is 28.0. The molecule has 1 saturated carbocycles. The Morgan fingerprint density at radius 1 is 1.14 bits per heavy atom. The van der Waals surface area contributed by atoms with Crippen molar-refractivity contribution in [1.29, 1.82) is 0 Å². The molecule has 1 saturated heterocycles. The van der Waals surface area contributed by atoms with Crippen molar-refractivity contribution in [3.05, 3.63) is 36.9 Å². The number of rotatable bonds is 8. The molecular formula is C24H29N9O2S. The van der Waals surface area contributed by atoms with Crippen LogP contribution in [0.1, 0.15) is 46.1 Å². The molecule has 1 N–H and O–H groups in total. The normalized spacial score (nSPS) is 16.6. The van der Waals surface area contributed by atoms with Crippen LogP contribution < -0.4 is 10.2 Å². The van der Waals surface area contributed by atoms with E-state index < -0.39 is 10.0 Å². The van der Waals surface area contributed by atoms with Crippen LogP contribution in [-0.4, -0.2) is 60.7 Å². The first kappa shape index (κ1) is 22.9. The Hall–Kier alpha value is -3.54. The number of fused-ring (bicyclic) bond motifs is 1. The lowest BCUT2D eigenvalue weighted by Crippen LogP contribution is -2.46. The van der Waals surface area contributed by atoms with Crippen molar-refractivity contribution in [3.8, 4) is 11.4 Å². The van der Waals surface area contributed by atoms with E-state index in [1.165, 1.54) is 18.8 Å². The molecule has 0 aromatic carbocycles. The Kier molecular flexibility index (Phi) is 5.43. The molecule has 2 aliphatic rings. The molecule has 0 radical (unpaired) electrons. The topological polar surface area (TPSA) is 124 Å². The van der Waals surface area contributed by atoms with Crippen molar-refractivity contribution in [2.75, 3.05) is 23.3 Å². The number of anilines is 3. The summed E-state index contributed by atoms with van der Waals surface area (Å²) in [5.74, 6) is 3.30. The Balaban J connectivity index is 1.27. The summed E-state index contributed by atoms with van der Waals surface area (Å²) in [6, 6.07) is 3.94. The number of pyridine rings is 1. The minimum Gasteiger partial charge on any atom is -0.354 e. The summed E-state index contributed by atoms with van der Waals surface area (Å²) in [5.41, 5.74) is 1.55. The zero-order valence-electron chi connectivity index (χ0n) is 20.5. The quantitative estimate of drug-likeness (QED) is 0.381. The summed E-state index contributed by atoms with van der Waals surface area (Å²) in [7, 11) is -3.44. The zero-order valence-corrected chi connectivity index (χ0v) is 21.4. The van der Waals surface area contributed by atoms with Crippen molar-refractivity contribution in [2.24, 2.45) is 5.92 Å². The van der Waals surface area contributed by atoms with Gasteiger partial charge in [-0.3, -0.25) is 4.68 Å². The average Bonchev–Trinajstić information content (AvgIpc) is 3.46. The van der Waals surface area contributed by atoms with Gasteiger partial charge in [-0.2, -0.15) is 14.3 Å². The van der Waals surface area contributed by atoms with Crippen molar-refractivity contribution in [1.82, 2.24) is 33.9 Å². The first-order chi connectivity index (χ1) is 17.3. The van der Waals surface area contributed by atoms with Gasteiger partial charge in [-0.25, -0.2) is 23.4 Å². The summed E-state index contributed by atoms with van der Waals surface area (Å²) in [6.45, 7) is 8.53. The van der Waals surface area contributed by atoms with Gasteiger partial charge in [0.25, 0.3) is 10.0 Å². The smallest absolute Gasteiger partial charge is 0.256 e. The van der Waals surface area contributed by atoms with Crippen LogP contribution in [0, 0.1) is 5.92 Å². The second-order valence-electron chi connectivity index (χ2n) is 9.86. The Morgan fingerprint density at radius 2 is 1.94 bits per heavy atom. The lowest BCUT2D eigenvalue weighted by molar-refractivity contribution is 0.394. The zero-order chi connectivity index (χ0) is 25.0. The maximum Gasteiger partial charge on any atom is 0.256 e. The monoisotopic (exact) mass is 507 g/mol. The molecule has 0 bridgehead atoms. The molecule has 0 spiro atoms. The third-order valence-electron chi connectivity index (χ3n) is 6.83. The molecule has 4 aromatic heterocycles. The minimum absolute atomic E-state index is 0.203. The van der Waals surface area contributed by atoms with Crippen LogP contribution in [0.25, 0.3) is 22.3 Å². The number of nitrogens with one attached hydrogen (secondary N) is 1. The number of hydrogen-bond donors (Lipinski definition) is 1. The van der Waals surface area contributed by atoms with Crippen LogP contribution in [-0.2, 0) is 10.0 Å². The van der Waals surface area contributed by atoms with E-state index >= 15 is 0 Å². The minimum atomic E-state index is -3.44. The van der Waals surface area contributed by atoms with Gasteiger partial charge in [-0.1, -0.05) is 6.92 Å². The van der Waals surface area contributed by atoms with Gasteiger partial charge in [0.2, 0.25) is 0 Å². The van der Waals surface area contributed by atoms with Gasteiger partial charge in [0.15, 0.2) is 11.6 Å². The van der Waals surface area contributed by atoms with Crippen LogP contribution in [0.2, 0.25) is 0 Å². The maximum atomic E-state index is 12.5. The third-order valence-corrected chi connectivity index (χ3v) is 8.87. The fourth-order valence-electron chi connectivity index (χ4n) is 4.49. The largest absolute Gasteiger partial charge is 0.354 e. The van der Waals surface area contributed by atoms with Crippen molar-refractivity contribution in [2.45, 2.75) is 51.3 Å². The summed E-state index contributed by atoms with van der Waals surface area (Å²) in [6.07, 6.45) is 8.99. The molecule has 4 aromatic rings. The SMILES string of the molecule is CCC1CN(c2nn(C(C)C)c3cc(Nc4ccnc(-c5cnn(S(=O)(=O)C6CC6)c5)n4)ncc23)C1. The molecule has 6 rings (SSSR count). The Bertz CT molecular complexity index is 1530. The molecule has 1 aliphatic carbocycles. The highest BCUT2D eigenvalue weighted by molar-refractivity contribution is 7.90. The van der Waals surface area contributed by atoms with Gasteiger partial charge < -0.3 is 10.2 Å². The van der Waals surface area contributed by atoms with Crippen LogP contribution in [0.3, 0.4) is 0 Å². The van der Waals surface area contributed by atoms with Gasteiger partial charge in [0.1, 0.15) is 11.6 Å². The standard InChI is InChI=1S/C24H29N9O2S/c1-4-16-12-31(13-16)24-19-11-26-22(9-20(19)33(30-24)15(2)3)28-21-7-8-25-23(29-21)17-10-27-32(14-17)36(34,35)18-5-6-18/h7-11,14-16,18H,4-6,12-13H2,1-3H3,(H,25,26,28,29). The van der Waals surface area contributed by atoms with E-state index in [1.807, 2.05) is 16.9 Å². The highest BCUT2D eigenvalue weighted by Crippen LogP contribution is 2.34. The van der Waals surface area contributed by atoms with E-state index in [2.05, 4.69) is 51.0 Å². The van der Waals surface area contributed by atoms with E-state index in [4.69, 9.17) is 5.10 Å². The van der Waals surface area contributed by atoms with E-state index in [-0.39, 0.29) is 11.3 Å². The second-order valence-corrected chi connectivity index (χ2v) is 11.9. The fourth-order valence-corrected chi connectivity index (χ4v) is 5.97. The second kappa shape index (κ2) is 8.54. The Morgan fingerprint density at radius 3 is 2.67 bits per heavy atom. The number of hydrogen-bond acceptors (Lipinski definition) is 9. The van der Waals surface area contributed by atoms with E-state index in [9.17, 15) is 8.42 Å². The number of nitrogens with zero attached hydrogens (tertiary/aromatic N) is 8.